The molecule has 1 heterocycles. The Hall–Kier alpha value is -2.41. The lowest BCUT2D eigenvalue weighted by molar-refractivity contribution is -0.147. The van der Waals surface area contributed by atoms with Gasteiger partial charge in [-0.25, -0.2) is 4.79 Å². The van der Waals surface area contributed by atoms with E-state index in [9.17, 15) is 14.4 Å². The molecule has 1 aromatic rings. The molecule has 136 valence electrons. The smallest absolute Gasteiger partial charge is 0.326 e. The molecule has 1 saturated heterocycles. The van der Waals surface area contributed by atoms with Gasteiger partial charge in [-0.1, -0.05) is 30.3 Å². The molecule has 1 amide bonds. The molecule has 25 heavy (non-hydrogen) atoms. The molecule has 0 radical (unpaired) electrons. The van der Waals surface area contributed by atoms with Crippen molar-refractivity contribution in [2.45, 2.75) is 38.3 Å². The van der Waals surface area contributed by atoms with Crippen molar-refractivity contribution >= 4 is 17.8 Å². The zero-order chi connectivity index (χ0) is 18.2. The van der Waals surface area contributed by atoms with Crippen molar-refractivity contribution in [3.8, 4) is 0 Å². The van der Waals surface area contributed by atoms with Crippen molar-refractivity contribution in [1.29, 1.82) is 0 Å². The van der Waals surface area contributed by atoms with Crippen molar-refractivity contribution in [2.24, 2.45) is 5.92 Å². The van der Waals surface area contributed by atoms with Gasteiger partial charge in [-0.2, -0.15) is 0 Å². The molecule has 3 N–H and O–H groups in total. The molecule has 0 bridgehead atoms. The van der Waals surface area contributed by atoms with Crippen LogP contribution in [0.4, 0.5) is 0 Å². The van der Waals surface area contributed by atoms with Gasteiger partial charge in [0.25, 0.3) is 0 Å². The number of piperidine rings is 1. The molecule has 0 unspecified atom stereocenters. The molecule has 2 rings (SSSR count). The van der Waals surface area contributed by atoms with Gasteiger partial charge < -0.3 is 15.5 Å². The van der Waals surface area contributed by atoms with Crippen LogP contribution in [0.25, 0.3) is 0 Å². The van der Waals surface area contributed by atoms with Gasteiger partial charge in [0, 0.05) is 13.0 Å². The quantitative estimate of drug-likeness (QED) is 0.654. The number of carbonyl (C=O) groups excluding carboxylic acids is 1. The fraction of sp³-hybridized carbons (Fsp3) is 0.500. The maximum Gasteiger partial charge on any atom is 0.326 e. The third kappa shape index (κ3) is 6.54. The van der Waals surface area contributed by atoms with Crippen LogP contribution in [0.3, 0.4) is 0 Å². The largest absolute Gasteiger partial charge is 0.481 e. The predicted molar refractivity (Wildman–Crippen MR) is 90.9 cm³/mol. The molecule has 1 aromatic carbocycles. The molecule has 0 saturated carbocycles. The highest BCUT2D eigenvalue weighted by Crippen LogP contribution is 2.22. The summed E-state index contributed by atoms with van der Waals surface area (Å²) >= 11 is 0. The minimum atomic E-state index is -1.37. The normalized spacial score (nSPS) is 17.0. The van der Waals surface area contributed by atoms with E-state index < -0.39 is 30.3 Å². The van der Waals surface area contributed by atoms with Crippen LogP contribution in [-0.4, -0.2) is 52.1 Å². The van der Waals surface area contributed by atoms with Gasteiger partial charge >= 0.3 is 11.9 Å². The number of carboxylic acids is 2. The number of carboxylic acid groups (broad SMARTS) is 2. The fourth-order valence-electron chi connectivity index (χ4n) is 3.08. The number of carbonyl (C=O) groups is 3. The zero-order valence-corrected chi connectivity index (χ0v) is 14.1. The first kappa shape index (κ1) is 18.9. The molecule has 1 atom stereocenters. The Labute approximate surface area is 146 Å². The zero-order valence-electron chi connectivity index (χ0n) is 14.1. The van der Waals surface area contributed by atoms with Crippen LogP contribution in [-0.2, 0) is 20.9 Å². The van der Waals surface area contributed by atoms with Crippen LogP contribution >= 0.6 is 0 Å². The maximum atomic E-state index is 12.0. The molecule has 0 aliphatic carbocycles. The molecular weight excluding hydrogens is 324 g/mol. The number of likely N-dealkylation sites (tertiary alicyclic amines) is 1. The Balaban J connectivity index is 1.74. The van der Waals surface area contributed by atoms with E-state index in [2.05, 4.69) is 22.3 Å². The number of nitrogens with zero attached hydrogens (tertiary/aromatic N) is 1. The summed E-state index contributed by atoms with van der Waals surface area (Å²) in [6.07, 6.45) is 1.37. The molecule has 1 fully saturated rings. The van der Waals surface area contributed by atoms with Crippen molar-refractivity contribution in [1.82, 2.24) is 10.2 Å². The van der Waals surface area contributed by atoms with E-state index in [-0.39, 0.29) is 12.3 Å². The van der Waals surface area contributed by atoms with Crippen LogP contribution in [0.2, 0.25) is 0 Å². The van der Waals surface area contributed by atoms with E-state index in [1.165, 1.54) is 5.56 Å². The number of aliphatic carboxylic acids is 2. The van der Waals surface area contributed by atoms with Gasteiger partial charge in [0.05, 0.1) is 6.42 Å². The van der Waals surface area contributed by atoms with Crippen LogP contribution in [0.15, 0.2) is 30.3 Å². The fourth-order valence-corrected chi connectivity index (χ4v) is 3.08. The second kappa shape index (κ2) is 9.17. The Bertz CT molecular complexity index is 597. The third-order valence-electron chi connectivity index (χ3n) is 4.44. The van der Waals surface area contributed by atoms with Crippen LogP contribution in [0.1, 0.15) is 31.2 Å². The van der Waals surface area contributed by atoms with E-state index >= 15 is 0 Å². The first-order valence-corrected chi connectivity index (χ1v) is 8.44. The number of amides is 1. The second-order valence-corrected chi connectivity index (χ2v) is 6.47. The van der Waals surface area contributed by atoms with E-state index in [4.69, 9.17) is 10.2 Å². The highest BCUT2D eigenvalue weighted by Gasteiger charge is 2.26. The Morgan fingerprint density at radius 1 is 1.12 bits per heavy atom. The molecule has 7 nitrogen and oxygen atoms in total. The van der Waals surface area contributed by atoms with Crippen molar-refractivity contribution < 1.29 is 24.6 Å². The summed E-state index contributed by atoms with van der Waals surface area (Å²) in [4.78, 5) is 36.0. The minimum absolute atomic E-state index is 0.200. The van der Waals surface area contributed by atoms with Crippen LogP contribution in [0, 0.1) is 5.92 Å². The van der Waals surface area contributed by atoms with E-state index in [0.29, 0.717) is 0 Å². The van der Waals surface area contributed by atoms with Crippen molar-refractivity contribution in [2.75, 3.05) is 13.1 Å². The molecule has 1 aliphatic rings. The highest BCUT2D eigenvalue weighted by molar-refractivity contribution is 5.86. The molecule has 7 heteroatoms. The van der Waals surface area contributed by atoms with Gasteiger partial charge in [-0.15, -0.1) is 0 Å². The van der Waals surface area contributed by atoms with E-state index in [0.717, 1.165) is 32.5 Å². The summed E-state index contributed by atoms with van der Waals surface area (Å²) in [7, 11) is 0. The first-order chi connectivity index (χ1) is 11.9. The lowest BCUT2D eigenvalue weighted by atomic mass is 9.92. The van der Waals surface area contributed by atoms with E-state index in [1.54, 1.807) is 0 Å². The molecular formula is C18H24N2O5. The van der Waals surface area contributed by atoms with Gasteiger partial charge in [-0.05, 0) is 37.4 Å². The summed E-state index contributed by atoms with van der Waals surface area (Å²) < 4.78 is 0. The van der Waals surface area contributed by atoms with Gasteiger partial charge in [-0.3, -0.25) is 14.5 Å². The maximum absolute atomic E-state index is 12.0. The standard InChI is InChI=1S/C18H24N2O5/c21-16(19-15(18(24)25)11-17(22)23)10-13-6-8-20(9-7-13)12-14-4-2-1-3-5-14/h1-5,13,15H,6-12H2,(H,19,21)(H,22,23)(H,24,25)/t15-/m1/s1. The van der Waals surface area contributed by atoms with E-state index in [1.807, 2.05) is 18.2 Å². The summed E-state index contributed by atoms with van der Waals surface area (Å²) in [5, 5.41) is 20.0. The average Bonchev–Trinajstić information content (AvgIpc) is 2.56. The van der Waals surface area contributed by atoms with Gasteiger partial charge in [0.2, 0.25) is 5.91 Å². The SMILES string of the molecule is O=C(O)C[C@@H](NC(=O)CC1CCN(Cc2ccccc2)CC1)C(=O)O. The van der Waals surface area contributed by atoms with Crippen molar-refractivity contribution in [3.63, 3.8) is 0 Å². The predicted octanol–water partition coefficient (Wildman–Crippen LogP) is 1.33. The third-order valence-corrected chi connectivity index (χ3v) is 4.44. The Morgan fingerprint density at radius 2 is 1.76 bits per heavy atom. The van der Waals surface area contributed by atoms with Gasteiger partial charge in [0.1, 0.15) is 6.04 Å². The Kier molecular flexibility index (Phi) is 6.94. The summed E-state index contributed by atoms with van der Waals surface area (Å²) in [6, 6.07) is 8.83. The lowest BCUT2D eigenvalue weighted by Gasteiger charge is -2.31. The number of hydrogen-bond donors (Lipinski definition) is 3. The first-order valence-electron chi connectivity index (χ1n) is 8.44. The number of hydrogen-bond acceptors (Lipinski definition) is 4. The summed E-state index contributed by atoms with van der Waals surface area (Å²) in [5.41, 5.74) is 1.26. The number of rotatable bonds is 8. The van der Waals surface area contributed by atoms with Crippen LogP contribution < -0.4 is 5.32 Å². The Morgan fingerprint density at radius 3 is 2.32 bits per heavy atom. The number of nitrogens with one attached hydrogen (secondary N) is 1. The molecule has 0 spiro atoms. The van der Waals surface area contributed by atoms with Crippen molar-refractivity contribution in [3.05, 3.63) is 35.9 Å². The summed E-state index contributed by atoms with van der Waals surface area (Å²) in [6.45, 7) is 2.67. The minimum Gasteiger partial charge on any atom is -0.481 e. The second-order valence-electron chi connectivity index (χ2n) is 6.47. The van der Waals surface area contributed by atoms with Gasteiger partial charge in [0.15, 0.2) is 0 Å². The molecule has 1 aliphatic heterocycles. The monoisotopic (exact) mass is 348 g/mol. The molecule has 0 aromatic heterocycles. The lowest BCUT2D eigenvalue weighted by Crippen LogP contribution is -2.43. The average molecular weight is 348 g/mol. The van der Waals surface area contributed by atoms with Crippen LogP contribution in [0.5, 0.6) is 0 Å². The summed E-state index contributed by atoms with van der Waals surface area (Å²) in [5.74, 6) is -2.77. The highest BCUT2D eigenvalue weighted by atomic mass is 16.4. The topological polar surface area (TPSA) is 107 Å². The number of benzene rings is 1.